The zero-order valence-electron chi connectivity index (χ0n) is 18.3. The Morgan fingerprint density at radius 1 is 0.879 bits per heavy atom. The second-order valence-corrected chi connectivity index (χ2v) is 8.42. The lowest BCUT2D eigenvalue weighted by Crippen LogP contribution is -2.31. The van der Waals surface area contributed by atoms with Crippen molar-refractivity contribution in [1.29, 1.82) is 5.26 Å². The van der Waals surface area contributed by atoms with Crippen LogP contribution >= 0.6 is 47.8 Å². The molecule has 3 rings (SSSR count). The van der Waals surface area contributed by atoms with Crippen LogP contribution in [-0.2, 0) is 0 Å². The van der Waals surface area contributed by atoms with Crippen LogP contribution in [0.2, 0.25) is 0 Å². The van der Waals surface area contributed by atoms with Gasteiger partial charge in [-0.3, -0.25) is 5.21 Å². The van der Waals surface area contributed by atoms with Gasteiger partial charge in [0.2, 0.25) is 18.0 Å². The van der Waals surface area contributed by atoms with Gasteiger partial charge in [0, 0.05) is 27.5 Å². The van der Waals surface area contributed by atoms with E-state index in [1.54, 1.807) is 30.5 Å². The predicted octanol–water partition coefficient (Wildman–Crippen LogP) is 5.73. The first-order chi connectivity index (χ1) is 15.8. The monoisotopic (exact) mass is 645 g/mol. The van der Waals surface area contributed by atoms with Crippen LogP contribution in [0.25, 0.3) is 0 Å². The molecule has 0 spiro atoms. The highest BCUT2D eigenvalue weighted by Crippen LogP contribution is 2.17. The zero-order valence-corrected chi connectivity index (χ0v) is 23.1. The fourth-order valence-electron chi connectivity index (χ4n) is 2.04. The number of pyridine rings is 3. The molecule has 0 unspecified atom stereocenters. The molecule has 0 aliphatic carbocycles. The topological polar surface area (TPSA) is 101 Å². The van der Waals surface area contributed by atoms with Crippen molar-refractivity contribution in [2.45, 2.75) is 20.8 Å². The van der Waals surface area contributed by atoms with Crippen LogP contribution in [-0.4, -0.2) is 35.0 Å². The minimum absolute atomic E-state index is 0.348. The van der Waals surface area contributed by atoms with Crippen molar-refractivity contribution in [3.63, 3.8) is 0 Å². The van der Waals surface area contributed by atoms with E-state index in [9.17, 15) is 5.21 Å². The van der Waals surface area contributed by atoms with Crippen LogP contribution < -0.4 is 18.9 Å². The molecule has 3 aromatic heterocycles. The smallest absolute Gasteiger partial charge is 0.416 e. The first kappa shape index (κ1) is 28.6. The molecule has 0 atom stereocenters. The molecule has 0 saturated carbocycles. The van der Waals surface area contributed by atoms with Crippen molar-refractivity contribution in [3.05, 3.63) is 67.9 Å². The van der Waals surface area contributed by atoms with Crippen LogP contribution in [0.5, 0.6) is 17.6 Å². The molecule has 1 N–H and O–H groups in total. The van der Waals surface area contributed by atoms with Gasteiger partial charge in [0.25, 0.3) is 0 Å². The number of nitrogens with zero attached hydrogens (tertiary/aromatic N) is 4. The summed E-state index contributed by atoms with van der Waals surface area (Å²) in [4.78, 5) is 7.95. The van der Waals surface area contributed by atoms with Crippen LogP contribution in [0.3, 0.4) is 0 Å². The summed E-state index contributed by atoms with van der Waals surface area (Å²) >= 11 is 9.69. The molecule has 11 heteroatoms. The predicted molar refractivity (Wildman–Crippen MR) is 134 cm³/mol. The van der Waals surface area contributed by atoms with Crippen LogP contribution in [0.15, 0.2) is 62.2 Å². The fraction of sp³-hybridized carbons (Fsp3) is 0.273. The average Bonchev–Trinajstić information content (AvgIpc) is 2.80. The second kappa shape index (κ2) is 16.2. The lowest BCUT2D eigenvalue weighted by molar-refractivity contribution is -0.906. The summed E-state index contributed by atoms with van der Waals surface area (Å²) in [6.07, 6.45) is 3.23. The van der Waals surface area contributed by atoms with E-state index in [0.29, 0.717) is 47.6 Å². The van der Waals surface area contributed by atoms with E-state index in [1.807, 2.05) is 39.0 Å². The first-order valence-electron chi connectivity index (χ1n) is 9.81. The molecule has 0 amide bonds. The van der Waals surface area contributed by atoms with E-state index in [0.717, 1.165) is 13.7 Å². The summed E-state index contributed by atoms with van der Waals surface area (Å²) in [7, 11) is 0. The van der Waals surface area contributed by atoms with Gasteiger partial charge in [-0.25, -0.2) is 9.97 Å². The summed E-state index contributed by atoms with van der Waals surface area (Å²) in [6.45, 7) is 7.43. The molecule has 0 radical (unpaired) electrons. The standard InChI is InChI=1S/C8H7BrN2O.C7H9BrNO2.C7H8BrNO/c1-2-12-8-4-3-6(9)7(5-10)11-8;1-2-11-7-4-3-6(8)5-9(7)10;1-2-10-7-4-3-6(8)5-9-7/h3-4H,2H2,1H3;3-5,10H,2H2,1H3;3-5H,2H2,1H3/q;+1;. The van der Waals surface area contributed by atoms with Crippen molar-refractivity contribution in [2.75, 3.05) is 19.8 Å². The Hall–Kier alpha value is -2.42. The van der Waals surface area contributed by atoms with Crippen molar-refractivity contribution >= 4 is 47.8 Å². The number of aromatic nitrogens is 3. The number of hydrogen-bond donors (Lipinski definition) is 1. The van der Waals surface area contributed by atoms with E-state index in [1.165, 1.54) is 6.20 Å². The Balaban J connectivity index is 0.000000249. The van der Waals surface area contributed by atoms with Crippen molar-refractivity contribution in [2.24, 2.45) is 0 Å². The third-order valence-corrected chi connectivity index (χ3v) is 4.94. The van der Waals surface area contributed by atoms with Crippen LogP contribution in [0.1, 0.15) is 26.5 Å². The molecule has 0 bridgehead atoms. The quantitative estimate of drug-likeness (QED) is 0.269. The number of rotatable bonds is 6. The van der Waals surface area contributed by atoms with Gasteiger partial charge in [-0.2, -0.15) is 5.26 Å². The SMILES string of the molecule is CCOc1ccc(Br)c(C#N)n1.CCOc1ccc(Br)c[n+]1O.CCOc1ccc(Br)cn1. The molecule has 176 valence electrons. The Kier molecular flexibility index (Phi) is 14.1. The number of halogens is 3. The van der Waals surface area contributed by atoms with Crippen LogP contribution in [0.4, 0.5) is 0 Å². The molecule has 3 aromatic rings. The minimum atomic E-state index is 0.348. The molecule has 8 nitrogen and oxygen atoms in total. The van der Waals surface area contributed by atoms with Crippen molar-refractivity contribution < 1.29 is 24.1 Å². The molecule has 0 aromatic carbocycles. The van der Waals surface area contributed by atoms with Crippen LogP contribution in [0, 0.1) is 11.3 Å². The molecule has 0 aliphatic heterocycles. The van der Waals surface area contributed by atoms with Gasteiger partial charge in [-0.1, -0.05) is 0 Å². The lowest BCUT2D eigenvalue weighted by atomic mass is 10.4. The largest absolute Gasteiger partial charge is 0.478 e. The highest BCUT2D eigenvalue weighted by Gasteiger charge is 2.09. The van der Waals surface area contributed by atoms with E-state index in [-0.39, 0.29) is 0 Å². The van der Waals surface area contributed by atoms with Gasteiger partial charge < -0.3 is 14.2 Å². The van der Waals surface area contributed by atoms with Gasteiger partial charge >= 0.3 is 5.88 Å². The maximum Gasteiger partial charge on any atom is 0.416 e. The highest BCUT2D eigenvalue weighted by molar-refractivity contribution is 9.11. The number of ether oxygens (including phenoxy) is 3. The third kappa shape index (κ3) is 11.3. The molecule has 0 aliphatic rings. The van der Waals surface area contributed by atoms with Gasteiger partial charge in [0.1, 0.15) is 6.07 Å². The Morgan fingerprint density at radius 3 is 2.03 bits per heavy atom. The lowest BCUT2D eigenvalue weighted by Gasteiger charge is -2.01. The van der Waals surface area contributed by atoms with E-state index in [4.69, 9.17) is 19.5 Å². The summed E-state index contributed by atoms with van der Waals surface area (Å²) in [6, 6.07) is 12.6. The Bertz CT molecular complexity index is 1030. The summed E-state index contributed by atoms with van der Waals surface area (Å²) in [5, 5.41) is 17.8. The summed E-state index contributed by atoms with van der Waals surface area (Å²) < 4.78 is 18.7. The van der Waals surface area contributed by atoms with Gasteiger partial charge in [-0.15, -0.1) is 0 Å². The van der Waals surface area contributed by atoms with Gasteiger partial charge in [-0.05, 0) is 86.8 Å². The average molecular weight is 648 g/mol. The van der Waals surface area contributed by atoms with Gasteiger partial charge in [0.15, 0.2) is 5.69 Å². The zero-order chi connectivity index (χ0) is 24.6. The highest BCUT2D eigenvalue weighted by atomic mass is 79.9. The second-order valence-electron chi connectivity index (χ2n) is 5.74. The molecule has 0 saturated heterocycles. The molecular formula is C22H24Br3N4O4+. The van der Waals surface area contributed by atoms with E-state index >= 15 is 0 Å². The Labute approximate surface area is 218 Å². The molecule has 3 heterocycles. The van der Waals surface area contributed by atoms with E-state index in [2.05, 4.69) is 57.8 Å². The molecule has 33 heavy (non-hydrogen) atoms. The summed E-state index contributed by atoms with van der Waals surface area (Å²) in [5.74, 6) is 1.60. The molecular weight excluding hydrogens is 624 g/mol. The van der Waals surface area contributed by atoms with Crippen molar-refractivity contribution in [3.8, 4) is 23.7 Å². The third-order valence-electron chi connectivity index (χ3n) is 3.36. The minimum Gasteiger partial charge on any atom is -0.478 e. The Morgan fingerprint density at radius 2 is 1.48 bits per heavy atom. The normalized spacial score (nSPS) is 9.36. The van der Waals surface area contributed by atoms with Gasteiger partial charge in [0.05, 0.1) is 34.8 Å². The van der Waals surface area contributed by atoms with E-state index < -0.39 is 0 Å². The maximum absolute atomic E-state index is 9.18. The van der Waals surface area contributed by atoms with Crippen molar-refractivity contribution in [1.82, 2.24) is 9.97 Å². The summed E-state index contributed by atoms with van der Waals surface area (Å²) in [5.41, 5.74) is 0.348. The first-order valence-corrected chi connectivity index (χ1v) is 12.2. The molecule has 0 fully saturated rings. The number of nitriles is 1. The fourth-order valence-corrected chi connectivity index (χ4v) is 2.91. The number of hydrogen-bond acceptors (Lipinski definition) is 7. The maximum atomic E-state index is 9.18.